The van der Waals surface area contributed by atoms with Gasteiger partial charge in [-0.05, 0) is 67.5 Å². The highest BCUT2D eigenvalue weighted by Gasteiger charge is 2.19. The fraction of sp³-hybridized carbons (Fsp3) is 0.368. The number of allylic oxidation sites excluding steroid dienone is 6. The van der Waals surface area contributed by atoms with Gasteiger partial charge in [-0.1, -0.05) is 29.9 Å². The highest BCUT2D eigenvalue weighted by atomic mass is 32.2. The molecule has 0 saturated heterocycles. The number of sulfone groups is 1. The predicted molar refractivity (Wildman–Crippen MR) is 93.8 cm³/mol. The lowest BCUT2D eigenvalue weighted by Gasteiger charge is -2.12. The van der Waals surface area contributed by atoms with Crippen LogP contribution in [0.4, 0.5) is 4.39 Å². The normalized spacial score (nSPS) is 15.5. The second-order valence-corrected chi connectivity index (χ2v) is 8.09. The Morgan fingerprint density at radius 2 is 1.83 bits per heavy atom. The molecule has 1 aromatic carbocycles. The van der Waals surface area contributed by atoms with Gasteiger partial charge in [0.2, 0.25) is 0 Å². The quantitative estimate of drug-likeness (QED) is 0.719. The molecular formula is C19H23FO2S. The molecule has 0 heterocycles. The molecule has 0 spiro atoms. The van der Waals surface area contributed by atoms with Gasteiger partial charge < -0.3 is 0 Å². The summed E-state index contributed by atoms with van der Waals surface area (Å²) in [6, 6.07) is 7.07. The number of alkyl halides is 1. The van der Waals surface area contributed by atoms with E-state index in [4.69, 9.17) is 0 Å². The lowest BCUT2D eigenvalue weighted by molar-refractivity contribution is 0.561. The molecule has 124 valence electrons. The molecule has 2 nitrogen and oxygen atoms in total. The zero-order chi connectivity index (χ0) is 17.0. The van der Waals surface area contributed by atoms with Crippen LogP contribution in [0.25, 0.3) is 5.57 Å². The molecule has 1 aliphatic carbocycles. The third-order valence-electron chi connectivity index (χ3n) is 4.09. The molecule has 0 saturated carbocycles. The van der Waals surface area contributed by atoms with E-state index in [-0.39, 0.29) is 0 Å². The minimum absolute atomic E-state index is 0.334. The molecular weight excluding hydrogens is 311 g/mol. The number of benzene rings is 1. The number of hydrogen-bond donors (Lipinski definition) is 0. The summed E-state index contributed by atoms with van der Waals surface area (Å²) in [5.74, 6) is 0. The molecule has 0 radical (unpaired) electrons. The zero-order valence-electron chi connectivity index (χ0n) is 13.9. The smallest absolute Gasteiger partial charge is 0.175 e. The van der Waals surface area contributed by atoms with Crippen LogP contribution in [0, 0.1) is 0 Å². The minimum atomic E-state index is -3.18. The van der Waals surface area contributed by atoms with Gasteiger partial charge in [0.15, 0.2) is 9.84 Å². The van der Waals surface area contributed by atoms with E-state index in [0.717, 1.165) is 36.0 Å². The van der Waals surface area contributed by atoms with E-state index in [2.05, 4.69) is 0 Å². The van der Waals surface area contributed by atoms with Crippen molar-refractivity contribution in [1.29, 1.82) is 0 Å². The summed E-state index contributed by atoms with van der Waals surface area (Å²) < 4.78 is 35.7. The van der Waals surface area contributed by atoms with E-state index in [1.165, 1.54) is 23.5 Å². The first kappa shape index (κ1) is 17.7. The summed E-state index contributed by atoms with van der Waals surface area (Å²) in [4.78, 5) is 0.334. The van der Waals surface area contributed by atoms with Gasteiger partial charge in [-0.3, -0.25) is 0 Å². The lowest BCUT2D eigenvalue weighted by atomic mass is 9.94. The van der Waals surface area contributed by atoms with Crippen molar-refractivity contribution in [1.82, 2.24) is 0 Å². The van der Waals surface area contributed by atoms with Crippen molar-refractivity contribution in [3.05, 3.63) is 58.7 Å². The van der Waals surface area contributed by atoms with Gasteiger partial charge in [-0.25, -0.2) is 12.8 Å². The van der Waals surface area contributed by atoms with Gasteiger partial charge in [0.1, 0.15) is 6.67 Å². The maximum atomic E-state index is 12.5. The summed E-state index contributed by atoms with van der Waals surface area (Å²) in [5, 5.41) is 0. The van der Waals surface area contributed by atoms with E-state index in [1.54, 1.807) is 12.1 Å². The second kappa shape index (κ2) is 7.26. The first-order valence-corrected chi connectivity index (χ1v) is 9.66. The Bertz CT molecular complexity index is 762. The lowest BCUT2D eigenvalue weighted by Crippen LogP contribution is -1.97. The van der Waals surface area contributed by atoms with Gasteiger partial charge in [0, 0.05) is 6.26 Å². The van der Waals surface area contributed by atoms with Crippen molar-refractivity contribution >= 4 is 15.4 Å². The summed E-state index contributed by atoms with van der Waals surface area (Å²) in [7, 11) is -3.18. The van der Waals surface area contributed by atoms with E-state index >= 15 is 0 Å². The molecule has 4 heteroatoms. The Hall–Kier alpha value is -1.68. The van der Waals surface area contributed by atoms with Gasteiger partial charge in [0.25, 0.3) is 0 Å². The molecule has 0 aromatic heterocycles. The summed E-state index contributed by atoms with van der Waals surface area (Å²) >= 11 is 0. The first-order chi connectivity index (χ1) is 10.8. The van der Waals surface area contributed by atoms with Crippen molar-refractivity contribution in [2.45, 2.75) is 38.0 Å². The molecule has 0 amide bonds. The van der Waals surface area contributed by atoms with Crippen molar-refractivity contribution < 1.29 is 12.8 Å². The zero-order valence-corrected chi connectivity index (χ0v) is 14.7. The second-order valence-electron chi connectivity index (χ2n) is 6.08. The summed E-state index contributed by atoms with van der Waals surface area (Å²) in [6.07, 6.45) is 7.62. The fourth-order valence-electron chi connectivity index (χ4n) is 2.99. The maximum Gasteiger partial charge on any atom is 0.175 e. The number of hydrogen-bond acceptors (Lipinski definition) is 2. The van der Waals surface area contributed by atoms with Crippen molar-refractivity contribution in [3.63, 3.8) is 0 Å². The number of rotatable bonds is 5. The Balaban J connectivity index is 2.47. The van der Waals surface area contributed by atoms with Crippen LogP contribution in [0.5, 0.6) is 0 Å². The molecule has 0 bridgehead atoms. The minimum Gasteiger partial charge on any atom is -0.247 e. The Morgan fingerprint density at radius 3 is 2.35 bits per heavy atom. The van der Waals surface area contributed by atoms with Crippen LogP contribution >= 0.6 is 0 Å². The largest absolute Gasteiger partial charge is 0.247 e. The first-order valence-electron chi connectivity index (χ1n) is 7.77. The van der Waals surface area contributed by atoms with Gasteiger partial charge >= 0.3 is 0 Å². The third-order valence-corrected chi connectivity index (χ3v) is 5.21. The predicted octanol–water partition coefficient (Wildman–Crippen LogP) is 4.89. The van der Waals surface area contributed by atoms with Crippen LogP contribution in [0.3, 0.4) is 0 Å². The van der Waals surface area contributed by atoms with E-state index in [9.17, 15) is 12.8 Å². The number of halogens is 1. The average molecular weight is 334 g/mol. The Morgan fingerprint density at radius 1 is 1.17 bits per heavy atom. The molecule has 2 rings (SSSR count). The molecule has 0 atom stereocenters. The highest BCUT2D eigenvalue weighted by Crippen LogP contribution is 2.39. The van der Waals surface area contributed by atoms with Crippen LogP contribution in [0.15, 0.2) is 58.0 Å². The maximum absolute atomic E-state index is 12.5. The van der Waals surface area contributed by atoms with Crippen molar-refractivity contribution in [2.75, 3.05) is 12.9 Å². The molecule has 0 aliphatic heterocycles. The van der Waals surface area contributed by atoms with Crippen LogP contribution < -0.4 is 0 Å². The van der Waals surface area contributed by atoms with E-state index in [1.807, 2.05) is 32.1 Å². The van der Waals surface area contributed by atoms with E-state index in [0.29, 0.717) is 4.90 Å². The Labute approximate surface area is 138 Å². The van der Waals surface area contributed by atoms with Crippen LogP contribution in [0.1, 0.15) is 38.7 Å². The summed E-state index contributed by atoms with van der Waals surface area (Å²) in [6.45, 7) is 3.60. The highest BCUT2D eigenvalue weighted by molar-refractivity contribution is 7.90. The fourth-order valence-corrected chi connectivity index (χ4v) is 3.62. The SMILES string of the molecule is CC(C)=C(/C=C\CF)C1=C(c2ccc(S(C)(=O)=O)cc2)CCC1. The van der Waals surface area contributed by atoms with Gasteiger partial charge in [-0.15, -0.1) is 0 Å². The standard InChI is InChI=1S/C19H23FO2S/c1-14(2)17(8-5-13-20)19-7-4-6-18(19)15-9-11-16(12-10-15)23(3,21)22/h5,8-12H,4,6-7,13H2,1-3H3/b8-5-. The van der Waals surface area contributed by atoms with Crippen molar-refractivity contribution in [3.8, 4) is 0 Å². The van der Waals surface area contributed by atoms with Crippen LogP contribution in [-0.4, -0.2) is 21.3 Å². The van der Waals surface area contributed by atoms with Crippen molar-refractivity contribution in [2.24, 2.45) is 0 Å². The van der Waals surface area contributed by atoms with Crippen LogP contribution in [-0.2, 0) is 9.84 Å². The van der Waals surface area contributed by atoms with E-state index < -0.39 is 16.5 Å². The van der Waals surface area contributed by atoms with Gasteiger partial charge in [0.05, 0.1) is 4.90 Å². The monoisotopic (exact) mass is 334 g/mol. The molecule has 0 fully saturated rings. The topological polar surface area (TPSA) is 34.1 Å². The summed E-state index contributed by atoms with van der Waals surface area (Å²) in [5.41, 5.74) is 5.81. The molecule has 0 unspecified atom stereocenters. The Kier molecular flexibility index (Phi) is 5.58. The molecule has 1 aromatic rings. The molecule has 0 N–H and O–H groups in total. The molecule has 23 heavy (non-hydrogen) atoms. The van der Waals surface area contributed by atoms with Gasteiger partial charge in [-0.2, -0.15) is 0 Å². The third kappa shape index (κ3) is 4.20. The average Bonchev–Trinajstić information content (AvgIpc) is 2.96. The van der Waals surface area contributed by atoms with Crippen LogP contribution in [0.2, 0.25) is 0 Å². The molecule has 1 aliphatic rings.